The molecule has 1 atom stereocenters. The molecule has 162 valence electrons. The summed E-state index contributed by atoms with van der Waals surface area (Å²) in [5, 5.41) is 3.57. The summed E-state index contributed by atoms with van der Waals surface area (Å²) in [7, 11) is 0. The van der Waals surface area contributed by atoms with Crippen LogP contribution in [0.15, 0.2) is 72.8 Å². The van der Waals surface area contributed by atoms with Crippen LogP contribution in [0.3, 0.4) is 0 Å². The quantitative estimate of drug-likeness (QED) is 0.267. The van der Waals surface area contributed by atoms with Gasteiger partial charge in [-0.2, -0.15) is 0 Å². The number of benzene rings is 3. The molecule has 0 heterocycles. The predicted molar refractivity (Wildman–Crippen MR) is 129 cm³/mol. The zero-order valence-corrected chi connectivity index (χ0v) is 18.9. The molecule has 0 saturated heterocycles. The summed E-state index contributed by atoms with van der Waals surface area (Å²) in [6.07, 6.45) is 3.55. The maximum Gasteiger partial charge on any atom is 0.165 e. The first-order valence-corrected chi connectivity index (χ1v) is 11.3. The minimum atomic E-state index is -0.119. The average Bonchev–Trinajstić information content (AvgIpc) is 2.80. The van der Waals surface area contributed by atoms with E-state index >= 15 is 0 Å². The molecule has 0 aliphatic carbocycles. The van der Waals surface area contributed by atoms with E-state index in [9.17, 15) is 4.79 Å². The topological polar surface area (TPSA) is 38.3 Å². The van der Waals surface area contributed by atoms with Crippen molar-refractivity contribution in [3.05, 3.63) is 95.1 Å². The van der Waals surface area contributed by atoms with Crippen molar-refractivity contribution in [1.29, 1.82) is 0 Å². The van der Waals surface area contributed by atoms with Crippen molar-refractivity contribution >= 4 is 11.5 Å². The molecule has 0 aromatic heterocycles. The second kappa shape index (κ2) is 11.4. The lowest BCUT2D eigenvalue weighted by molar-refractivity contribution is 0.0976. The first kappa shape index (κ1) is 22.6. The summed E-state index contributed by atoms with van der Waals surface area (Å²) in [5.74, 6) is 0.999. The highest BCUT2D eigenvalue weighted by molar-refractivity contribution is 5.96. The van der Waals surface area contributed by atoms with E-state index < -0.39 is 0 Å². The van der Waals surface area contributed by atoms with Gasteiger partial charge in [0, 0.05) is 17.7 Å². The Morgan fingerprint density at radius 1 is 0.903 bits per heavy atom. The molecular formula is C28H33NO2. The Hall–Kier alpha value is -3.07. The van der Waals surface area contributed by atoms with E-state index in [4.69, 9.17) is 4.74 Å². The van der Waals surface area contributed by atoms with Crippen LogP contribution < -0.4 is 10.1 Å². The molecule has 1 N–H and O–H groups in total. The smallest absolute Gasteiger partial charge is 0.165 e. The van der Waals surface area contributed by atoms with Crippen molar-refractivity contribution in [2.45, 2.75) is 52.5 Å². The van der Waals surface area contributed by atoms with Crippen LogP contribution in [-0.2, 0) is 6.42 Å². The molecule has 0 saturated carbocycles. The van der Waals surface area contributed by atoms with Crippen molar-refractivity contribution < 1.29 is 9.53 Å². The van der Waals surface area contributed by atoms with E-state index in [1.807, 2.05) is 43.3 Å². The van der Waals surface area contributed by atoms with Gasteiger partial charge < -0.3 is 10.1 Å². The van der Waals surface area contributed by atoms with Gasteiger partial charge in [-0.1, -0.05) is 74.4 Å². The van der Waals surface area contributed by atoms with E-state index in [1.54, 1.807) is 0 Å². The number of unbranched alkanes of at least 4 members (excludes halogenated alkanes) is 1. The average molecular weight is 416 g/mol. The molecule has 0 aliphatic heterocycles. The zero-order chi connectivity index (χ0) is 22.1. The van der Waals surface area contributed by atoms with Gasteiger partial charge in [0.25, 0.3) is 0 Å². The summed E-state index contributed by atoms with van der Waals surface area (Å²) in [6.45, 7) is 7.06. The third kappa shape index (κ3) is 6.71. The summed E-state index contributed by atoms with van der Waals surface area (Å²) in [4.78, 5) is 13.0. The molecule has 3 aromatic carbocycles. The van der Waals surface area contributed by atoms with E-state index in [2.05, 4.69) is 55.6 Å². The second-order valence-corrected chi connectivity index (χ2v) is 8.01. The normalized spacial score (nSPS) is 11.7. The minimum Gasteiger partial charge on any atom is -0.494 e. The van der Waals surface area contributed by atoms with Gasteiger partial charge in [-0.05, 0) is 55.2 Å². The SMILES string of the molecule is CCCCOc1ccc([C@@H](CC(=O)c2ccc(C)cc2)Nc2ccc(CC)cc2)cc1. The molecule has 3 heteroatoms. The highest BCUT2D eigenvalue weighted by Crippen LogP contribution is 2.27. The van der Waals surface area contributed by atoms with E-state index in [1.165, 1.54) is 5.56 Å². The molecule has 0 fully saturated rings. The molecule has 3 aromatic rings. The number of carbonyl (C=O) groups excluding carboxylic acids is 1. The summed E-state index contributed by atoms with van der Waals surface area (Å²) in [5.41, 5.74) is 5.29. The van der Waals surface area contributed by atoms with Crippen LogP contribution in [0.4, 0.5) is 5.69 Å². The van der Waals surface area contributed by atoms with Crippen molar-refractivity contribution in [1.82, 2.24) is 0 Å². The fourth-order valence-electron chi connectivity index (χ4n) is 3.46. The largest absolute Gasteiger partial charge is 0.494 e. The second-order valence-electron chi connectivity index (χ2n) is 8.01. The highest BCUT2D eigenvalue weighted by Gasteiger charge is 2.18. The number of ether oxygens (including phenoxy) is 1. The Labute approximate surface area is 186 Å². The molecule has 0 spiro atoms. The molecule has 0 bridgehead atoms. The predicted octanol–water partition coefficient (Wildman–Crippen LogP) is 7.16. The van der Waals surface area contributed by atoms with Gasteiger partial charge in [0.15, 0.2) is 5.78 Å². The van der Waals surface area contributed by atoms with Crippen molar-refractivity contribution in [2.75, 3.05) is 11.9 Å². The number of Topliss-reactive ketones (excluding diaryl/α,β-unsaturated/α-hetero) is 1. The molecule has 0 amide bonds. The lowest BCUT2D eigenvalue weighted by Crippen LogP contribution is -2.16. The molecule has 3 nitrogen and oxygen atoms in total. The van der Waals surface area contributed by atoms with E-state index in [0.717, 1.165) is 54.0 Å². The van der Waals surface area contributed by atoms with Gasteiger partial charge in [-0.25, -0.2) is 0 Å². The third-order valence-corrected chi connectivity index (χ3v) is 5.52. The summed E-state index contributed by atoms with van der Waals surface area (Å²) >= 11 is 0. The number of ketones is 1. The van der Waals surface area contributed by atoms with Crippen molar-refractivity contribution in [2.24, 2.45) is 0 Å². The van der Waals surface area contributed by atoms with Gasteiger partial charge >= 0.3 is 0 Å². The van der Waals surface area contributed by atoms with Gasteiger partial charge in [0.2, 0.25) is 0 Å². The van der Waals surface area contributed by atoms with Gasteiger partial charge in [0.05, 0.1) is 12.6 Å². The number of aryl methyl sites for hydroxylation is 2. The molecule has 0 aliphatic rings. The monoisotopic (exact) mass is 415 g/mol. The molecule has 0 radical (unpaired) electrons. The Balaban J connectivity index is 1.78. The zero-order valence-electron chi connectivity index (χ0n) is 18.9. The van der Waals surface area contributed by atoms with Crippen LogP contribution in [0.25, 0.3) is 0 Å². The maximum absolute atomic E-state index is 13.0. The molecular weight excluding hydrogens is 382 g/mol. The standard InChI is InChI=1S/C28H33NO2/c1-4-6-19-31-26-17-13-23(14-18-26)27(29-25-15-9-22(5-2)10-16-25)20-28(30)24-11-7-21(3)8-12-24/h7-18,27,29H,4-6,19-20H2,1-3H3/t27-/m1/s1. The maximum atomic E-state index is 13.0. The number of nitrogens with one attached hydrogen (secondary N) is 1. The third-order valence-electron chi connectivity index (χ3n) is 5.52. The van der Waals surface area contributed by atoms with Gasteiger partial charge in [0.1, 0.15) is 5.75 Å². The summed E-state index contributed by atoms with van der Waals surface area (Å²) in [6, 6.07) is 24.2. The first-order valence-electron chi connectivity index (χ1n) is 11.3. The number of hydrogen-bond acceptors (Lipinski definition) is 3. The number of anilines is 1. The van der Waals surface area contributed by atoms with E-state index in [0.29, 0.717) is 6.42 Å². The highest BCUT2D eigenvalue weighted by atomic mass is 16.5. The number of hydrogen-bond donors (Lipinski definition) is 1. The van der Waals surface area contributed by atoms with Gasteiger partial charge in [-0.15, -0.1) is 0 Å². The Kier molecular flexibility index (Phi) is 8.28. The van der Waals surface area contributed by atoms with E-state index in [-0.39, 0.29) is 11.8 Å². The Bertz CT molecular complexity index is 944. The molecule has 31 heavy (non-hydrogen) atoms. The lowest BCUT2D eigenvalue weighted by Gasteiger charge is -2.21. The van der Waals surface area contributed by atoms with Crippen LogP contribution in [0, 0.1) is 6.92 Å². The van der Waals surface area contributed by atoms with Crippen LogP contribution in [0.1, 0.15) is 66.2 Å². The van der Waals surface area contributed by atoms with Crippen LogP contribution in [0.5, 0.6) is 5.75 Å². The van der Waals surface area contributed by atoms with Crippen molar-refractivity contribution in [3.8, 4) is 5.75 Å². The molecule has 3 rings (SSSR count). The fourth-order valence-corrected chi connectivity index (χ4v) is 3.46. The fraction of sp³-hybridized carbons (Fsp3) is 0.321. The Morgan fingerprint density at radius 3 is 2.19 bits per heavy atom. The number of rotatable bonds is 11. The van der Waals surface area contributed by atoms with Crippen LogP contribution in [0.2, 0.25) is 0 Å². The van der Waals surface area contributed by atoms with Crippen LogP contribution in [-0.4, -0.2) is 12.4 Å². The molecule has 0 unspecified atom stereocenters. The van der Waals surface area contributed by atoms with Crippen LogP contribution >= 0.6 is 0 Å². The first-order chi connectivity index (χ1) is 15.1. The number of carbonyl (C=O) groups is 1. The Morgan fingerprint density at radius 2 is 1.58 bits per heavy atom. The lowest BCUT2D eigenvalue weighted by atomic mass is 9.97. The minimum absolute atomic E-state index is 0.119. The van der Waals surface area contributed by atoms with Crippen molar-refractivity contribution in [3.63, 3.8) is 0 Å². The van der Waals surface area contributed by atoms with Gasteiger partial charge in [-0.3, -0.25) is 4.79 Å². The summed E-state index contributed by atoms with van der Waals surface area (Å²) < 4.78 is 5.80.